The molecule has 1 unspecified atom stereocenters. The van der Waals surface area contributed by atoms with Crippen molar-refractivity contribution in [1.82, 2.24) is 15.2 Å². The number of benzene rings is 1. The second kappa shape index (κ2) is 12.0. The van der Waals surface area contributed by atoms with Crippen LogP contribution in [0.25, 0.3) is 0 Å². The predicted molar refractivity (Wildman–Crippen MR) is 142 cm³/mol. The van der Waals surface area contributed by atoms with Crippen molar-refractivity contribution in [2.24, 2.45) is 11.8 Å². The van der Waals surface area contributed by atoms with E-state index in [9.17, 15) is 13.6 Å². The molecule has 1 N–H and O–H groups in total. The number of amides is 1. The van der Waals surface area contributed by atoms with E-state index in [4.69, 9.17) is 4.74 Å². The lowest BCUT2D eigenvalue weighted by molar-refractivity contribution is -0.128. The predicted octanol–water partition coefficient (Wildman–Crippen LogP) is 5.68. The van der Waals surface area contributed by atoms with Gasteiger partial charge in [-0.05, 0) is 77.9 Å². The maximum Gasteiger partial charge on any atom is 0.224 e. The van der Waals surface area contributed by atoms with Crippen LogP contribution in [0.4, 0.5) is 8.78 Å². The standard InChI is InChI=1S/C29H32BrF2N3O2/c30-22-5-1-19(2-6-22)26-18-24(35-13-15-37-16-14-35)9-10-25(26)29(36)34-28(20-3-7-23(31)8-4-20)21-11-12-33-27(32)17-21/h1,3-5,7-8,11-12,17,24-26,28H,2,6,9-10,13-16,18H2,(H,34,36)/t24-,25-,26+,28?/m1/s1. The molecular weight excluding hydrogens is 540 g/mol. The number of hydrogen-bond donors (Lipinski definition) is 1. The van der Waals surface area contributed by atoms with E-state index in [1.165, 1.54) is 34.5 Å². The molecule has 5 nitrogen and oxygen atoms in total. The molecule has 0 bridgehead atoms. The summed E-state index contributed by atoms with van der Waals surface area (Å²) in [6.45, 7) is 3.37. The number of halogens is 3. The number of nitrogens with one attached hydrogen (secondary N) is 1. The molecule has 5 rings (SSSR count). The summed E-state index contributed by atoms with van der Waals surface area (Å²) in [4.78, 5) is 20.1. The van der Waals surface area contributed by atoms with Gasteiger partial charge in [-0.2, -0.15) is 4.39 Å². The van der Waals surface area contributed by atoms with Crippen LogP contribution in [-0.4, -0.2) is 48.1 Å². The molecule has 2 fully saturated rings. The quantitative estimate of drug-likeness (QED) is 0.453. The van der Waals surface area contributed by atoms with Gasteiger partial charge in [0.2, 0.25) is 11.9 Å². The van der Waals surface area contributed by atoms with Crippen LogP contribution in [0.3, 0.4) is 0 Å². The van der Waals surface area contributed by atoms with Crippen molar-refractivity contribution in [2.45, 2.75) is 44.2 Å². The summed E-state index contributed by atoms with van der Waals surface area (Å²) in [5, 5.41) is 3.20. The Kier molecular flexibility index (Phi) is 8.47. The number of carbonyl (C=O) groups is 1. The molecule has 1 aliphatic heterocycles. The van der Waals surface area contributed by atoms with Gasteiger partial charge in [0.25, 0.3) is 0 Å². The summed E-state index contributed by atoms with van der Waals surface area (Å²) in [7, 11) is 0. The molecular formula is C29H32BrF2N3O2. The van der Waals surface area contributed by atoms with Gasteiger partial charge in [0.15, 0.2) is 0 Å². The van der Waals surface area contributed by atoms with Crippen LogP contribution in [0.15, 0.2) is 64.8 Å². The van der Waals surface area contributed by atoms with Gasteiger partial charge in [-0.15, -0.1) is 0 Å². The second-order valence-electron chi connectivity index (χ2n) is 10.1. The van der Waals surface area contributed by atoms with E-state index in [1.807, 2.05) is 0 Å². The van der Waals surface area contributed by atoms with E-state index < -0.39 is 12.0 Å². The fourth-order valence-corrected chi connectivity index (χ4v) is 6.27. The normalized spacial score (nSPS) is 25.6. The molecule has 2 heterocycles. The van der Waals surface area contributed by atoms with Gasteiger partial charge in [0, 0.05) is 31.2 Å². The molecule has 0 radical (unpaired) electrons. The average molecular weight is 572 g/mol. The van der Waals surface area contributed by atoms with Gasteiger partial charge in [-0.3, -0.25) is 9.69 Å². The SMILES string of the molecule is O=C(NC(c1ccc(F)cc1)c1ccnc(F)c1)[C@@H]1CC[C@@H](N2CCOCC2)C[C@H]1C1=CC=C(Br)CC1. The Morgan fingerprint density at radius 1 is 1.05 bits per heavy atom. The Morgan fingerprint density at radius 2 is 1.84 bits per heavy atom. The Bertz CT molecular complexity index is 1160. The number of allylic oxidation sites excluding steroid dienone is 4. The smallest absolute Gasteiger partial charge is 0.224 e. The van der Waals surface area contributed by atoms with E-state index in [1.54, 1.807) is 18.2 Å². The van der Waals surface area contributed by atoms with Crippen LogP contribution in [0.2, 0.25) is 0 Å². The minimum absolute atomic E-state index is 0.0495. The number of nitrogens with zero attached hydrogens (tertiary/aromatic N) is 2. The summed E-state index contributed by atoms with van der Waals surface area (Å²) in [5.74, 6) is -1.09. The van der Waals surface area contributed by atoms with Gasteiger partial charge in [0.05, 0.1) is 19.3 Å². The van der Waals surface area contributed by atoms with Crippen LogP contribution in [-0.2, 0) is 9.53 Å². The molecule has 1 saturated carbocycles. The van der Waals surface area contributed by atoms with Crippen LogP contribution in [0.5, 0.6) is 0 Å². The maximum atomic E-state index is 14.0. The number of morpholine rings is 1. The minimum Gasteiger partial charge on any atom is -0.379 e. The highest BCUT2D eigenvalue weighted by Crippen LogP contribution is 2.41. The van der Waals surface area contributed by atoms with E-state index in [0.29, 0.717) is 17.2 Å². The fourth-order valence-electron chi connectivity index (χ4n) is 5.94. The largest absolute Gasteiger partial charge is 0.379 e. The van der Waals surface area contributed by atoms with Crippen LogP contribution >= 0.6 is 15.9 Å². The molecule has 2 aliphatic carbocycles. The van der Waals surface area contributed by atoms with Crippen molar-refractivity contribution < 1.29 is 18.3 Å². The molecule has 1 amide bonds. The van der Waals surface area contributed by atoms with Crippen molar-refractivity contribution in [3.8, 4) is 0 Å². The third kappa shape index (κ3) is 6.36. The molecule has 3 aliphatic rings. The topological polar surface area (TPSA) is 54.5 Å². The summed E-state index contributed by atoms with van der Waals surface area (Å²) in [5.41, 5.74) is 2.59. The first kappa shape index (κ1) is 26.2. The molecule has 37 heavy (non-hydrogen) atoms. The van der Waals surface area contributed by atoms with E-state index in [0.717, 1.165) is 58.4 Å². The van der Waals surface area contributed by atoms with Crippen molar-refractivity contribution >= 4 is 21.8 Å². The highest BCUT2D eigenvalue weighted by Gasteiger charge is 2.40. The van der Waals surface area contributed by atoms with E-state index >= 15 is 0 Å². The lowest BCUT2D eigenvalue weighted by atomic mass is 9.70. The highest BCUT2D eigenvalue weighted by molar-refractivity contribution is 9.11. The van der Waals surface area contributed by atoms with E-state index in [2.05, 4.69) is 43.3 Å². The summed E-state index contributed by atoms with van der Waals surface area (Å²) >= 11 is 3.61. The third-order valence-corrected chi connectivity index (χ3v) is 8.56. The van der Waals surface area contributed by atoms with Gasteiger partial charge in [-0.25, -0.2) is 9.37 Å². The lowest BCUT2D eigenvalue weighted by Gasteiger charge is -2.43. The number of ether oxygens (including phenoxy) is 1. The van der Waals surface area contributed by atoms with Crippen molar-refractivity contribution in [3.63, 3.8) is 0 Å². The Labute approximate surface area is 225 Å². The summed E-state index contributed by atoms with van der Waals surface area (Å²) < 4.78 is 34.4. The van der Waals surface area contributed by atoms with Crippen LogP contribution in [0, 0.1) is 23.6 Å². The van der Waals surface area contributed by atoms with Crippen molar-refractivity contribution in [2.75, 3.05) is 26.3 Å². The summed E-state index contributed by atoms with van der Waals surface area (Å²) in [6, 6.07) is 8.84. The Hall–Kier alpha value is -2.42. The zero-order chi connectivity index (χ0) is 25.8. The molecule has 1 aromatic heterocycles. The lowest BCUT2D eigenvalue weighted by Crippen LogP contribution is -2.49. The first-order valence-electron chi connectivity index (χ1n) is 13.0. The summed E-state index contributed by atoms with van der Waals surface area (Å²) in [6.07, 6.45) is 10.2. The van der Waals surface area contributed by atoms with Crippen molar-refractivity contribution in [1.29, 1.82) is 0 Å². The zero-order valence-corrected chi connectivity index (χ0v) is 22.3. The minimum atomic E-state index is -0.618. The molecule has 8 heteroatoms. The number of carbonyl (C=O) groups excluding carboxylic acids is 1. The molecule has 1 saturated heterocycles. The van der Waals surface area contributed by atoms with Gasteiger partial charge >= 0.3 is 0 Å². The Balaban J connectivity index is 1.41. The third-order valence-electron chi connectivity index (χ3n) is 7.90. The first-order chi connectivity index (χ1) is 18.0. The molecule has 1 aromatic carbocycles. The molecule has 196 valence electrons. The average Bonchev–Trinajstić information content (AvgIpc) is 2.93. The van der Waals surface area contributed by atoms with Crippen LogP contribution in [0.1, 0.15) is 49.3 Å². The van der Waals surface area contributed by atoms with E-state index in [-0.39, 0.29) is 23.6 Å². The molecule has 0 spiro atoms. The number of aromatic nitrogens is 1. The second-order valence-corrected chi connectivity index (χ2v) is 11.1. The van der Waals surface area contributed by atoms with Gasteiger partial charge in [-0.1, -0.05) is 45.8 Å². The number of rotatable bonds is 6. The monoisotopic (exact) mass is 571 g/mol. The molecule has 2 aromatic rings. The Morgan fingerprint density at radius 3 is 2.54 bits per heavy atom. The molecule has 4 atom stereocenters. The zero-order valence-electron chi connectivity index (χ0n) is 20.7. The number of pyridine rings is 1. The number of hydrogen-bond acceptors (Lipinski definition) is 4. The van der Waals surface area contributed by atoms with Crippen molar-refractivity contribution in [3.05, 3.63) is 87.7 Å². The van der Waals surface area contributed by atoms with Crippen LogP contribution < -0.4 is 5.32 Å². The fraction of sp³-hybridized carbons (Fsp3) is 0.448. The highest BCUT2D eigenvalue weighted by atomic mass is 79.9. The first-order valence-corrected chi connectivity index (χ1v) is 13.8. The van der Waals surface area contributed by atoms with Gasteiger partial charge in [0.1, 0.15) is 5.82 Å². The van der Waals surface area contributed by atoms with Gasteiger partial charge < -0.3 is 10.1 Å². The maximum absolute atomic E-state index is 14.0.